The van der Waals surface area contributed by atoms with E-state index in [4.69, 9.17) is 9.47 Å². The Morgan fingerprint density at radius 2 is 1.40 bits per heavy atom. The zero-order valence-electron chi connectivity index (χ0n) is 25.1. The largest absolute Gasteiger partial charge is 0.394 e. The van der Waals surface area contributed by atoms with Crippen molar-refractivity contribution in [2.24, 2.45) is 0 Å². The molecule has 0 amide bonds. The molecular formula is C30H52FNO10S. The first kappa shape index (κ1) is 37.9. The number of hydrogen-bond acceptors (Lipinski definition) is 10. The Hall–Kier alpha value is -1.26. The number of aliphatic hydroxyl groups is 6. The number of unbranched alkanes of at least 4 members (excludes halogenated alkanes) is 11. The van der Waals surface area contributed by atoms with Gasteiger partial charge in [0, 0.05) is 0 Å². The maximum absolute atomic E-state index is 13.4. The second kappa shape index (κ2) is 20.0. The molecule has 2 rings (SSSR count). The molecule has 0 radical (unpaired) electrons. The molecule has 1 aromatic carbocycles. The van der Waals surface area contributed by atoms with Crippen LogP contribution in [0.3, 0.4) is 0 Å². The predicted octanol–water partition coefficient (Wildman–Crippen LogP) is 2.10. The Morgan fingerprint density at radius 1 is 0.860 bits per heavy atom. The standard InChI is InChI=1S/C30H52FNO10S/c1-2-3-4-5-6-7-8-9-10-11-12-13-14-24(34)26(35)23(32-43(39,40)22-17-15-21(31)16-18-22)20-41-30-29(38)28(37)27(36)25(19-33)42-30/h15-18,23-30,32-38H,2-14,19-20H2,1H3/t23-,24-,25-,26+,27+,28+,29-,30+/m1/s1. The van der Waals surface area contributed by atoms with Gasteiger partial charge < -0.3 is 40.1 Å². The molecule has 13 heteroatoms. The molecule has 0 bridgehead atoms. The summed E-state index contributed by atoms with van der Waals surface area (Å²) in [6.45, 7) is 0.906. The lowest BCUT2D eigenvalue weighted by Gasteiger charge is -2.40. The average molecular weight is 638 g/mol. The van der Waals surface area contributed by atoms with Crippen molar-refractivity contribution >= 4 is 10.0 Å². The van der Waals surface area contributed by atoms with Crippen LogP contribution in [0.25, 0.3) is 0 Å². The number of halogens is 1. The van der Waals surface area contributed by atoms with Crippen LogP contribution in [0.1, 0.15) is 90.4 Å². The summed E-state index contributed by atoms with van der Waals surface area (Å²) in [6, 6.07) is 2.58. The van der Waals surface area contributed by atoms with Gasteiger partial charge in [-0.3, -0.25) is 0 Å². The van der Waals surface area contributed by atoms with Gasteiger partial charge in [-0.25, -0.2) is 17.5 Å². The summed E-state index contributed by atoms with van der Waals surface area (Å²) < 4.78 is 52.4. The highest BCUT2D eigenvalue weighted by Gasteiger charge is 2.44. The number of ether oxygens (including phenoxy) is 2. The number of rotatable bonds is 22. The first-order valence-electron chi connectivity index (χ1n) is 15.6. The molecule has 11 nitrogen and oxygen atoms in total. The number of sulfonamides is 1. The summed E-state index contributed by atoms with van der Waals surface area (Å²) in [5.41, 5.74) is 0. The second-order valence-corrected chi connectivity index (χ2v) is 13.2. The molecule has 1 aliphatic heterocycles. The molecule has 8 atom stereocenters. The molecule has 7 N–H and O–H groups in total. The van der Waals surface area contributed by atoms with Crippen LogP contribution in [-0.4, -0.2) is 101 Å². The fraction of sp³-hybridized carbons (Fsp3) is 0.800. The van der Waals surface area contributed by atoms with Crippen LogP contribution >= 0.6 is 0 Å². The van der Waals surface area contributed by atoms with Crippen molar-refractivity contribution in [3.63, 3.8) is 0 Å². The topological polar surface area (TPSA) is 186 Å². The normalized spacial score (nSPS) is 25.0. The van der Waals surface area contributed by atoms with E-state index in [0.717, 1.165) is 49.9 Å². The number of nitrogens with one attached hydrogen (secondary N) is 1. The highest BCUT2D eigenvalue weighted by Crippen LogP contribution is 2.23. The van der Waals surface area contributed by atoms with E-state index in [1.54, 1.807) is 0 Å². The zero-order chi connectivity index (χ0) is 31.8. The lowest BCUT2D eigenvalue weighted by atomic mass is 9.99. The highest BCUT2D eigenvalue weighted by molar-refractivity contribution is 7.89. The van der Waals surface area contributed by atoms with Gasteiger partial charge in [-0.2, -0.15) is 0 Å². The first-order valence-corrected chi connectivity index (χ1v) is 17.1. The van der Waals surface area contributed by atoms with Crippen molar-refractivity contribution in [1.82, 2.24) is 4.72 Å². The van der Waals surface area contributed by atoms with Gasteiger partial charge in [0.05, 0.1) is 36.4 Å². The van der Waals surface area contributed by atoms with Crippen molar-refractivity contribution in [3.05, 3.63) is 30.1 Å². The van der Waals surface area contributed by atoms with Gasteiger partial charge in [0.2, 0.25) is 10.0 Å². The SMILES string of the molecule is CCCCCCCCCCCCCC[C@@H](O)[C@@H](O)[C@@H](CO[C@H]1O[C@H](CO)[C@H](O)[C@H](O)[C@H]1O)NS(=O)(=O)c1ccc(F)cc1. The van der Waals surface area contributed by atoms with Crippen LogP contribution in [0.15, 0.2) is 29.2 Å². The molecule has 0 unspecified atom stereocenters. The monoisotopic (exact) mass is 637 g/mol. The van der Waals surface area contributed by atoms with Gasteiger partial charge in [0.25, 0.3) is 0 Å². The molecule has 1 saturated heterocycles. The molecule has 0 spiro atoms. The fourth-order valence-electron chi connectivity index (χ4n) is 5.12. The molecule has 250 valence electrons. The van der Waals surface area contributed by atoms with Crippen molar-refractivity contribution in [3.8, 4) is 0 Å². The van der Waals surface area contributed by atoms with Gasteiger partial charge in [-0.15, -0.1) is 0 Å². The summed E-state index contributed by atoms with van der Waals surface area (Å²) in [7, 11) is -4.30. The smallest absolute Gasteiger partial charge is 0.240 e. The molecule has 1 aliphatic rings. The van der Waals surface area contributed by atoms with Crippen LogP contribution in [0.2, 0.25) is 0 Å². The van der Waals surface area contributed by atoms with E-state index in [1.807, 2.05) is 0 Å². The summed E-state index contributed by atoms with van der Waals surface area (Å²) in [5.74, 6) is -0.640. The van der Waals surface area contributed by atoms with Crippen LogP contribution in [0, 0.1) is 5.82 Å². The highest BCUT2D eigenvalue weighted by atomic mass is 32.2. The maximum Gasteiger partial charge on any atom is 0.240 e. The van der Waals surface area contributed by atoms with Gasteiger partial charge >= 0.3 is 0 Å². The maximum atomic E-state index is 13.4. The number of hydrogen-bond donors (Lipinski definition) is 7. The lowest BCUT2D eigenvalue weighted by Crippen LogP contribution is -2.60. The molecule has 1 heterocycles. The minimum atomic E-state index is -4.30. The molecule has 0 aliphatic carbocycles. The molecule has 0 saturated carbocycles. The van der Waals surface area contributed by atoms with Crippen LogP contribution < -0.4 is 4.72 Å². The average Bonchev–Trinajstić information content (AvgIpc) is 2.99. The van der Waals surface area contributed by atoms with E-state index in [2.05, 4.69) is 11.6 Å². The summed E-state index contributed by atoms with van der Waals surface area (Å²) in [5, 5.41) is 61.4. The van der Waals surface area contributed by atoms with Crippen molar-refractivity contribution in [2.45, 2.75) is 144 Å². The van der Waals surface area contributed by atoms with Gasteiger partial charge in [-0.1, -0.05) is 84.0 Å². The van der Waals surface area contributed by atoms with E-state index in [0.29, 0.717) is 6.42 Å². The minimum absolute atomic E-state index is 0.202. The third kappa shape index (κ3) is 12.9. The summed E-state index contributed by atoms with van der Waals surface area (Å²) >= 11 is 0. The molecule has 0 aromatic heterocycles. The van der Waals surface area contributed by atoms with Crippen LogP contribution in [-0.2, 0) is 19.5 Å². The van der Waals surface area contributed by atoms with E-state index in [-0.39, 0.29) is 11.3 Å². The number of benzene rings is 1. The molecule has 1 fully saturated rings. The van der Waals surface area contributed by atoms with E-state index in [9.17, 15) is 43.4 Å². The van der Waals surface area contributed by atoms with Crippen LogP contribution in [0.4, 0.5) is 4.39 Å². The molecular weight excluding hydrogens is 585 g/mol. The Kier molecular flexibility index (Phi) is 17.6. The Balaban J connectivity index is 1.92. The van der Waals surface area contributed by atoms with E-state index < -0.39 is 78.0 Å². The van der Waals surface area contributed by atoms with E-state index in [1.165, 1.54) is 44.9 Å². The van der Waals surface area contributed by atoms with Gasteiger partial charge in [-0.05, 0) is 30.7 Å². The first-order chi connectivity index (χ1) is 20.5. The van der Waals surface area contributed by atoms with Crippen molar-refractivity contribution < 1.29 is 52.9 Å². The van der Waals surface area contributed by atoms with Crippen LogP contribution in [0.5, 0.6) is 0 Å². The lowest BCUT2D eigenvalue weighted by molar-refractivity contribution is -0.303. The zero-order valence-corrected chi connectivity index (χ0v) is 26.0. The summed E-state index contributed by atoms with van der Waals surface area (Å²) in [4.78, 5) is -0.283. The van der Waals surface area contributed by atoms with Gasteiger partial charge in [0.1, 0.15) is 30.2 Å². The minimum Gasteiger partial charge on any atom is -0.394 e. The predicted molar refractivity (Wildman–Crippen MR) is 158 cm³/mol. The number of aliphatic hydroxyl groups excluding tert-OH is 6. The Labute approximate surface area is 255 Å². The quantitative estimate of drug-likeness (QED) is 0.0929. The third-order valence-electron chi connectivity index (χ3n) is 7.88. The van der Waals surface area contributed by atoms with Crippen molar-refractivity contribution in [2.75, 3.05) is 13.2 Å². The Morgan fingerprint density at radius 3 is 1.93 bits per heavy atom. The van der Waals surface area contributed by atoms with E-state index >= 15 is 0 Å². The fourth-order valence-corrected chi connectivity index (χ4v) is 6.36. The van der Waals surface area contributed by atoms with Crippen molar-refractivity contribution in [1.29, 1.82) is 0 Å². The second-order valence-electron chi connectivity index (χ2n) is 11.4. The molecule has 1 aromatic rings. The molecule has 43 heavy (non-hydrogen) atoms. The summed E-state index contributed by atoms with van der Waals surface area (Å²) in [6.07, 6.45) is 2.90. The third-order valence-corrected chi connectivity index (χ3v) is 9.38. The van der Waals surface area contributed by atoms with Gasteiger partial charge in [0.15, 0.2) is 6.29 Å². The Bertz CT molecular complexity index is 984.